The summed E-state index contributed by atoms with van der Waals surface area (Å²) in [6.07, 6.45) is 4.18. The molecular weight excluding hydrogens is 322 g/mol. The zero-order chi connectivity index (χ0) is 17.1. The third-order valence-electron chi connectivity index (χ3n) is 5.35. The molecule has 2 fully saturated rings. The van der Waals surface area contributed by atoms with E-state index in [-0.39, 0.29) is 17.9 Å². The lowest BCUT2D eigenvalue weighted by atomic mass is 10.0. The van der Waals surface area contributed by atoms with Crippen LogP contribution in [0.15, 0.2) is 17.5 Å². The Morgan fingerprint density at radius 2 is 2.00 bits per heavy atom. The lowest BCUT2D eigenvalue weighted by Gasteiger charge is -2.37. The van der Waals surface area contributed by atoms with E-state index in [0.29, 0.717) is 19.0 Å². The second kappa shape index (κ2) is 7.66. The average molecular weight is 350 g/mol. The Hall–Kier alpha value is -1.40. The summed E-state index contributed by atoms with van der Waals surface area (Å²) in [4.78, 5) is 32.7. The van der Waals surface area contributed by atoms with Gasteiger partial charge >= 0.3 is 0 Å². The molecule has 0 saturated carbocycles. The Bertz CT molecular complexity index is 567. The number of likely N-dealkylation sites (N-methyl/N-ethyl adjacent to an activating group) is 1. The number of hydrogen-bond donors (Lipinski definition) is 0. The highest BCUT2D eigenvalue weighted by Crippen LogP contribution is 2.24. The minimum atomic E-state index is -0.262. The third kappa shape index (κ3) is 3.81. The van der Waals surface area contributed by atoms with E-state index in [1.807, 2.05) is 34.4 Å². The quantitative estimate of drug-likeness (QED) is 0.833. The van der Waals surface area contributed by atoms with E-state index < -0.39 is 0 Å². The zero-order valence-corrected chi connectivity index (χ0v) is 15.4. The van der Waals surface area contributed by atoms with Crippen LogP contribution in [-0.2, 0) is 16.0 Å². The van der Waals surface area contributed by atoms with Gasteiger partial charge in [0.05, 0.1) is 6.42 Å². The molecule has 0 spiro atoms. The molecule has 0 aliphatic carbocycles. The van der Waals surface area contributed by atoms with Crippen LogP contribution in [0.4, 0.5) is 0 Å². The Labute approximate surface area is 148 Å². The van der Waals surface area contributed by atoms with Crippen molar-refractivity contribution in [3.8, 4) is 0 Å². The summed E-state index contributed by atoms with van der Waals surface area (Å²) in [6.45, 7) is 2.78. The molecule has 2 amide bonds. The van der Waals surface area contributed by atoms with Gasteiger partial charge in [0.1, 0.15) is 6.04 Å². The summed E-state index contributed by atoms with van der Waals surface area (Å²) >= 11 is 1.60. The van der Waals surface area contributed by atoms with E-state index in [1.54, 1.807) is 11.3 Å². The van der Waals surface area contributed by atoms with Gasteiger partial charge in [-0.25, -0.2) is 0 Å². The van der Waals surface area contributed by atoms with Gasteiger partial charge in [-0.05, 0) is 57.3 Å². The predicted octanol–water partition coefficient (Wildman–Crippen LogP) is 1.83. The molecule has 2 aliphatic rings. The molecule has 1 atom stereocenters. The molecule has 3 rings (SSSR count). The van der Waals surface area contributed by atoms with Crippen LogP contribution in [0.25, 0.3) is 0 Å². The first-order valence-electron chi connectivity index (χ1n) is 8.83. The van der Waals surface area contributed by atoms with Gasteiger partial charge in [-0.2, -0.15) is 0 Å². The van der Waals surface area contributed by atoms with Gasteiger partial charge in [-0.15, -0.1) is 11.3 Å². The molecule has 2 saturated heterocycles. The van der Waals surface area contributed by atoms with Crippen LogP contribution in [0.3, 0.4) is 0 Å². The largest absolute Gasteiger partial charge is 0.341 e. The van der Waals surface area contributed by atoms with E-state index in [0.717, 1.165) is 43.6 Å². The fraction of sp³-hybridized carbons (Fsp3) is 0.667. The topological polar surface area (TPSA) is 43.9 Å². The maximum Gasteiger partial charge on any atom is 0.245 e. The predicted molar refractivity (Wildman–Crippen MR) is 96.0 cm³/mol. The second-order valence-electron chi connectivity index (χ2n) is 6.98. The van der Waals surface area contributed by atoms with Crippen molar-refractivity contribution in [1.82, 2.24) is 14.7 Å². The Morgan fingerprint density at radius 1 is 1.25 bits per heavy atom. The first kappa shape index (κ1) is 17.4. The summed E-state index contributed by atoms with van der Waals surface area (Å²) in [5.74, 6) is 0.215. The number of rotatable bonds is 4. The number of carbonyl (C=O) groups is 2. The highest BCUT2D eigenvalue weighted by molar-refractivity contribution is 7.10. The number of hydrogen-bond acceptors (Lipinski definition) is 4. The van der Waals surface area contributed by atoms with Gasteiger partial charge in [0.25, 0.3) is 0 Å². The maximum atomic E-state index is 13.0. The highest BCUT2D eigenvalue weighted by atomic mass is 32.1. The molecule has 0 N–H and O–H groups in total. The number of carbonyl (C=O) groups excluding carboxylic acids is 2. The highest BCUT2D eigenvalue weighted by Gasteiger charge is 2.37. The minimum absolute atomic E-state index is 0.0880. The van der Waals surface area contributed by atoms with Crippen molar-refractivity contribution in [3.05, 3.63) is 22.4 Å². The lowest BCUT2D eigenvalue weighted by molar-refractivity contribution is -0.144. The fourth-order valence-corrected chi connectivity index (χ4v) is 4.48. The van der Waals surface area contributed by atoms with Crippen molar-refractivity contribution in [2.75, 3.05) is 33.7 Å². The van der Waals surface area contributed by atoms with Crippen LogP contribution < -0.4 is 0 Å². The SMILES string of the molecule is CN1CCC(N(C)C(=O)C2CCCN2C(=O)Cc2cccs2)CC1. The third-order valence-corrected chi connectivity index (χ3v) is 6.22. The van der Waals surface area contributed by atoms with Crippen molar-refractivity contribution in [2.45, 2.75) is 44.2 Å². The molecular formula is C18H27N3O2S. The smallest absolute Gasteiger partial charge is 0.245 e. The van der Waals surface area contributed by atoms with Crippen molar-refractivity contribution >= 4 is 23.2 Å². The number of likely N-dealkylation sites (tertiary alicyclic amines) is 2. The summed E-state index contributed by atoms with van der Waals surface area (Å²) in [5, 5.41) is 1.99. The van der Waals surface area contributed by atoms with Crippen LogP contribution in [-0.4, -0.2) is 72.3 Å². The Morgan fingerprint density at radius 3 is 2.67 bits per heavy atom. The summed E-state index contributed by atoms with van der Waals surface area (Å²) in [6, 6.07) is 4.00. The van der Waals surface area contributed by atoms with E-state index in [4.69, 9.17) is 0 Å². The fourth-order valence-electron chi connectivity index (χ4n) is 3.78. The Kier molecular flexibility index (Phi) is 5.56. The normalized spacial score (nSPS) is 22.8. The zero-order valence-electron chi connectivity index (χ0n) is 14.6. The maximum absolute atomic E-state index is 13.0. The molecule has 0 aromatic carbocycles. The molecule has 24 heavy (non-hydrogen) atoms. The molecule has 5 nitrogen and oxygen atoms in total. The van der Waals surface area contributed by atoms with Crippen molar-refractivity contribution in [3.63, 3.8) is 0 Å². The van der Waals surface area contributed by atoms with E-state index in [9.17, 15) is 9.59 Å². The van der Waals surface area contributed by atoms with Crippen molar-refractivity contribution in [1.29, 1.82) is 0 Å². The molecule has 132 valence electrons. The first-order valence-corrected chi connectivity index (χ1v) is 9.71. The summed E-state index contributed by atoms with van der Waals surface area (Å²) < 4.78 is 0. The lowest BCUT2D eigenvalue weighted by Crippen LogP contribution is -2.52. The number of amides is 2. The second-order valence-corrected chi connectivity index (χ2v) is 8.02. The van der Waals surface area contributed by atoms with E-state index in [1.165, 1.54) is 0 Å². The van der Waals surface area contributed by atoms with Crippen molar-refractivity contribution in [2.24, 2.45) is 0 Å². The van der Waals surface area contributed by atoms with E-state index >= 15 is 0 Å². The first-order chi connectivity index (χ1) is 11.6. The summed E-state index contributed by atoms with van der Waals surface area (Å²) in [7, 11) is 4.04. The standard InChI is InChI=1S/C18H27N3O2S/c1-19-10-7-14(8-11-19)20(2)18(23)16-6-3-9-21(16)17(22)13-15-5-4-12-24-15/h4-5,12,14,16H,3,6-11,13H2,1-2H3. The van der Waals surface area contributed by atoms with Crippen LogP contribution in [0, 0.1) is 0 Å². The van der Waals surface area contributed by atoms with Gasteiger partial charge in [0.15, 0.2) is 0 Å². The molecule has 0 bridgehead atoms. The van der Waals surface area contributed by atoms with Gasteiger partial charge in [0.2, 0.25) is 11.8 Å². The molecule has 6 heteroatoms. The molecule has 1 aromatic heterocycles. The van der Waals surface area contributed by atoms with Gasteiger partial charge in [0, 0.05) is 24.5 Å². The van der Waals surface area contributed by atoms with Crippen LogP contribution in [0.2, 0.25) is 0 Å². The monoisotopic (exact) mass is 349 g/mol. The molecule has 3 heterocycles. The molecule has 1 unspecified atom stereocenters. The van der Waals surface area contributed by atoms with Gasteiger partial charge in [-0.3, -0.25) is 9.59 Å². The van der Waals surface area contributed by atoms with Crippen LogP contribution >= 0.6 is 11.3 Å². The van der Waals surface area contributed by atoms with Crippen LogP contribution in [0.5, 0.6) is 0 Å². The van der Waals surface area contributed by atoms with E-state index in [2.05, 4.69) is 11.9 Å². The number of piperidine rings is 1. The Balaban J connectivity index is 1.61. The number of thiophene rings is 1. The summed E-state index contributed by atoms with van der Waals surface area (Å²) in [5.41, 5.74) is 0. The molecule has 0 radical (unpaired) electrons. The molecule has 2 aliphatic heterocycles. The minimum Gasteiger partial charge on any atom is -0.341 e. The van der Waals surface area contributed by atoms with Crippen LogP contribution in [0.1, 0.15) is 30.6 Å². The van der Waals surface area contributed by atoms with Gasteiger partial charge in [-0.1, -0.05) is 6.07 Å². The molecule has 1 aromatic rings. The van der Waals surface area contributed by atoms with Crippen molar-refractivity contribution < 1.29 is 9.59 Å². The van der Waals surface area contributed by atoms with Gasteiger partial charge < -0.3 is 14.7 Å². The number of nitrogens with zero attached hydrogens (tertiary/aromatic N) is 3. The average Bonchev–Trinajstić information content (AvgIpc) is 3.25.